The van der Waals surface area contributed by atoms with Crippen molar-refractivity contribution in [2.24, 2.45) is 11.3 Å². The summed E-state index contributed by atoms with van der Waals surface area (Å²) in [6, 6.07) is 5.62. The number of ether oxygens (including phenoxy) is 2. The van der Waals surface area contributed by atoms with Crippen LogP contribution < -0.4 is 15.0 Å². The van der Waals surface area contributed by atoms with Crippen molar-refractivity contribution in [1.29, 1.82) is 0 Å². The van der Waals surface area contributed by atoms with Crippen LogP contribution in [-0.2, 0) is 12.8 Å². The molecule has 2 heterocycles. The number of rotatable bonds is 4. The molecule has 1 atom stereocenters. The Labute approximate surface area is 175 Å². The fourth-order valence-corrected chi connectivity index (χ4v) is 5.45. The molecule has 0 fully saturated rings. The average molecular weight is 413 g/mol. The first-order chi connectivity index (χ1) is 13.8. The molecule has 0 bridgehead atoms. The van der Waals surface area contributed by atoms with Crippen LogP contribution in [0.5, 0.6) is 11.5 Å². The maximum atomic E-state index is 13.0. The maximum absolute atomic E-state index is 13.0. The van der Waals surface area contributed by atoms with Crippen LogP contribution >= 0.6 is 11.3 Å². The highest BCUT2D eigenvalue weighted by Gasteiger charge is 2.31. The highest BCUT2D eigenvalue weighted by atomic mass is 32.1. The molecular formula is C23H28N2O3S. The van der Waals surface area contributed by atoms with Gasteiger partial charge < -0.3 is 14.5 Å². The molecule has 6 heteroatoms. The van der Waals surface area contributed by atoms with Gasteiger partial charge in [-0.05, 0) is 61.3 Å². The van der Waals surface area contributed by atoms with Crippen LogP contribution in [-0.4, -0.2) is 23.7 Å². The predicted octanol–water partition coefficient (Wildman–Crippen LogP) is 5.21. The molecule has 1 unspecified atom stereocenters. The van der Waals surface area contributed by atoms with Gasteiger partial charge in [0.05, 0.1) is 19.1 Å². The Balaban J connectivity index is 1.77. The second kappa shape index (κ2) is 7.48. The third kappa shape index (κ3) is 3.66. The van der Waals surface area contributed by atoms with E-state index in [0.29, 0.717) is 29.8 Å². The molecule has 29 heavy (non-hydrogen) atoms. The van der Waals surface area contributed by atoms with E-state index in [9.17, 15) is 4.79 Å². The molecule has 2 aromatic heterocycles. The van der Waals surface area contributed by atoms with E-state index in [4.69, 9.17) is 14.5 Å². The van der Waals surface area contributed by atoms with E-state index < -0.39 is 0 Å². The molecule has 0 radical (unpaired) electrons. The van der Waals surface area contributed by atoms with Crippen molar-refractivity contribution < 1.29 is 9.47 Å². The van der Waals surface area contributed by atoms with Gasteiger partial charge in [-0.15, -0.1) is 11.3 Å². The molecule has 0 saturated heterocycles. The van der Waals surface area contributed by atoms with E-state index in [-0.39, 0.29) is 11.0 Å². The minimum Gasteiger partial charge on any atom is -0.493 e. The normalized spacial score (nSPS) is 16.7. The van der Waals surface area contributed by atoms with Gasteiger partial charge in [-0.3, -0.25) is 4.79 Å². The van der Waals surface area contributed by atoms with Crippen LogP contribution in [0.4, 0.5) is 0 Å². The molecule has 3 aromatic rings. The summed E-state index contributed by atoms with van der Waals surface area (Å²) < 4.78 is 11.0. The molecule has 4 rings (SSSR count). The molecule has 1 aromatic carbocycles. The Bertz CT molecular complexity index is 1110. The summed E-state index contributed by atoms with van der Waals surface area (Å²) in [5, 5.41) is 0.777. The van der Waals surface area contributed by atoms with Crippen molar-refractivity contribution in [2.45, 2.75) is 47.0 Å². The molecular weight excluding hydrogens is 384 g/mol. The first kappa shape index (κ1) is 20.0. The average Bonchev–Trinajstić information content (AvgIpc) is 3.06. The number of thiophene rings is 1. The van der Waals surface area contributed by atoms with Crippen molar-refractivity contribution >= 4 is 21.6 Å². The second-order valence-electron chi connectivity index (χ2n) is 8.70. The van der Waals surface area contributed by atoms with E-state index in [0.717, 1.165) is 35.0 Å². The number of nitrogens with one attached hydrogen (secondary N) is 1. The molecule has 1 N–H and O–H groups in total. The summed E-state index contributed by atoms with van der Waals surface area (Å²) in [5.41, 5.74) is 2.24. The van der Waals surface area contributed by atoms with Crippen molar-refractivity contribution in [3.05, 3.63) is 39.0 Å². The fourth-order valence-electron chi connectivity index (χ4n) is 4.15. The smallest absolute Gasteiger partial charge is 0.260 e. The lowest BCUT2D eigenvalue weighted by Crippen LogP contribution is -2.26. The Hall–Kier alpha value is -2.34. The van der Waals surface area contributed by atoms with Gasteiger partial charge in [0.25, 0.3) is 5.56 Å². The SMILES string of the molecule is CCOc1ccc(-c2nc3sc4c(c3c(=O)[nH]2)CCC(C(C)(C)C)C4)cc1OC. The summed E-state index contributed by atoms with van der Waals surface area (Å²) in [6.07, 6.45) is 3.11. The number of benzene rings is 1. The zero-order valence-corrected chi connectivity index (χ0v) is 18.5. The number of aromatic nitrogens is 2. The first-order valence-electron chi connectivity index (χ1n) is 10.2. The molecule has 1 aliphatic rings. The number of hydrogen-bond acceptors (Lipinski definition) is 5. The first-order valence-corrected chi connectivity index (χ1v) is 11.0. The van der Waals surface area contributed by atoms with Gasteiger partial charge in [0.1, 0.15) is 10.7 Å². The lowest BCUT2D eigenvalue weighted by molar-refractivity contribution is 0.218. The van der Waals surface area contributed by atoms with Crippen LogP contribution in [0.25, 0.3) is 21.6 Å². The van der Waals surface area contributed by atoms with Crippen molar-refractivity contribution in [3.8, 4) is 22.9 Å². The van der Waals surface area contributed by atoms with Crippen LogP contribution in [0.1, 0.15) is 44.6 Å². The lowest BCUT2D eigenvalue weighted by Gasteiger charge is -2.33. The lowest BCUT2D eigenvalue weighted by atomic mass is 9.72. The zero-order chi connectivity index (χ0) is 20.8. The standard InChI is InChI=1S/C23H28N2O3S/c1-6-28-16-10-7-13(11-17(16)27-5)20-24-21(26)19-15-9-8-14(23(2,3)4)12-18(15)29-22(19)25-20/h7,10-11,14H,6,8-9,12H2,1-5H3,(H,24,25,26). The van der Waals surface area contributed by atoms with Crippen LogP contribution in [0.2, 0.25) is 0 Å². The number of aromatic amines is 1. The van der Waals surface area contributed by atoms with Gasteiger partial charge in [0, 0.05) is 10.4 Å². The van der Waals surface area contributed by atoms with Gasteiger partial charge in [-0.1, -0.05) is 20.8 Å². The Morgan fingerprint density at radius 1 is 1.28 bits per heavy atom. The highest BCUT2D eigenvalue weighted by Crippen LogP contribution is 2.42. The number of fused-ring (bicyclic) bond motifs is 3. The summed E-state index contributed by atoms with van der Waals surface area (Å²) >= 11 is 1.68. The highest BCUT2D eigenvalue weighted by molar-refractivity contribution is 7.18. The molecule has 154 valence electrons. The number of methoxy groups -OCH3 is 1. The molecule has 5 nitrogen and oxygen atoms in total. The van der Waals surface area contributed by atoms with Crippen LogP contribution in [0, 0.1) is 11.3 Å². The zero-order valence-electron chi connectivity index (χ0n) is 17.7. The molecule has 1 aliphatic carbocycles. The maximum Gasteiger partial charge on any atom is 0.260 e. The van der Waals surface area contributed by atoms with Crippen molar-refractivity contribution in [2.75, 3.05) is 13.7 Å². The summed E-state index contributed by atoms with van der Waals surface area (Å²) in [6.45, 7) is 9.41. The minimum atomic E-state index is -0.0513. The van der Waals surface area contributed by atoms with E-state index >= 15 is 0 Å². The van der Waals surface area contributed by atoms with E-state index in [1.807, 2.05) is 25.1 Å². The fraction of sp³-hybridized carbons (Fsp3) is 0.478. The Morgan fingerprint density at radius 3 is 2.76 bits per heavy atom. The number of H-pyrrole nitrogens is 1. The summed E-state index contributed by atoms with van der Waals surface area (Å²) in [4.78, 5) is 22.9. The van der Waals surface area contributed by atoms with Gasteiger partial charge in [0.2, 0.25) is 0 Å². The third-order valence-electron chi connectivity index (χ3n) is 5.88. The van der Waals surface area contributed by atoms with Gasteiger partial charge >= 0.3 is 0 Å². The van der Waals surface area contributed by atoms with E-state index in [1.54, 1.807) is 18.4 Å². The minimum absolute atomic E-state index is 0.0513. The second-order valence-corrected chi connectivity index (χ2v) is 9.79. The monoisotopic (exact) mass is 412 g/mol. The molecule has 0 aliphatic heterocycles. The summed E-state index contributed by atoms with van der Waals surface area (Å²) in [7, 11) is 1.61. The number of hydrogen-bond donors (Lipinski definition) is 1. The van der Waals surface area contributed by atoms with Gasteiger partial charge in [-0.25, -0.2) is 4.98 Å². The van der Waals surface area contributed by atoms with E-state index in [1.165, 1.54) is 10.4 Å². The third-order valence-corrected chi connectivity index (χ3v) is 7.03. The topological polar surface area (TPSA) is 64.2 Å². The van der Waals surface area contributed by atoms with Crippen LogP contribution in [0.15, 0.2) is 23.0 Å². The van der Waals surface area contributed by atoms with E-state index in [2.05, 4.69) is 25.8 Å². The molecule has 0 amide bonds. The molecule has 0 spiro atoms. The quantitative estimate of drug-likeness (QED) is 0.639. The largest absolute Gasteiger partial charge is 0.493 e. The van der Waals surface area contributed by atoms with Crippen molar-refractivity contribution in [3.63, 3.8) is 0 Å². The predicted molar refractivity (Wildman–Crippen MR) is 118 cm³/mol. The number of nitrogens with zero attached hydrogens (tertiary/aromatic N) is 1. The van der Waals surface area contributed by atoms with Gasteiger partial charge in [-0.2, -0.15) is 0 Å². The number of aryl methyl sites for hydroxylation is 1. The Kier molecular flexibility index (Phi) is 5.15. The van der Waals surface area contributed by atoms with Crippen LogP contribution in [0.3, 0.4) is 0 Å². The molecule has 0 saturated carbocycles. The Morgan fingerprint density at radius 2 is 2.07 bits per heavy atom. The van der Waals surface area contributed by atoms with Crippen molar-refractivity contribution in [1.82, 2.24) is 9.97 Å². The van der Waals surface area contributed by atoms with Gasteiger partial charge in [0.15, 0.2) is 11.5 Å². The summed E-state index contributed by atoms with van der Waals surface area (Å²) in [5.74, 6) is 2.51.